The van der Waals surface area contributed by atoms with Crippen LogP contribution in [0.1, 0.15) is 15.9 Å². The third kappa shape index (κ3) is 4.16. The molecular weight excluding hydrogens is 428 g/mol. The number of nitrogens with zero attached hydrogens (tertiary/aromatic N) is 3. The average Bonchev–Trinajstić information content (AvgIpc) is 3.35. The molecule has 0 aliphatic heterocycles. The summed E-state index contributed by atoms with van der Waals surface area (Å²) in [7, 11) is 1.77. The van der Waals surface area contributed by atoms with Gasteiger partial charge >= 0.3 is 0 Å². The minimum absolute atomic E-state index is 0.183. The van der Waals surface area contributed by atoms with Crippen LogP contribution in [-0.4, -0.2) is 32.9 Å². The van der Waals surface area contributed by atoms with Crippen molar-refractivity contribution in [2.24, 2.45) is 0 Å². The number of amides is 1. The van der Waals surface area contributed by atoms with Gasteiger partial charge in [0.1, 0.15) is 5.75 Å². The lowest BCUT2D eigenvalue weighted by atomic mass is 10.1. The van der Waals surface area contributed by atoms with Crippen LogP contribution < -0.4 is 15.4 Å². The van der Waals surface area contributed by atoms with Crippen molar-refractivity contribution >= 4 is 28.4 Å². The van der Waals surface area contributed by atoms with E-state index in [1.165, 1.54) is 0 Å². The number of pyridine rings is 1. The van der Waals surface area contributed by atoms with Crippen molar-refractivity contribution in [2.75, 3.05) is 17.7 Å². The second-order valence-corrected chi connectivity index (χ2v) is 7.66. The Hall–Kier alpha value is -4.72. The summed E-state index contributed by atoms with van der Waals surface area (Å²) < 4.78 is 6.15. The van der Waals surface area contributed by atoms with Gasteiger partial charge in [0.25, 0.3) is 5.91 Å². The lowest BCUT2D eigenvalue weighted by Gasteiger charge is -2.13. The highest BCUT2D eigenvalue weighted by Crippen LogP contribution is 2.33. The molecule has 0 aliphatic carbocycles. The van der Waals surface area contributed by atoms with E-state index >= 15 is 0 Å². The molecule has 0 atom stereocenters. The number of ether oxygens (including phenoxy) is 1. The number of fused-ring (bicyclic) bond motifs is 1. The van der Waals surface area contributed by atoms with Gasteiger partial charge in [-0.15, -0.1) is 0 Å². The molecule has 8 heteroatoms. The Morgan fingerprint density at radius 3 is 2.76 bits per heavy atom. The summed E-state index contributed by atoms with van der Waals surface area (Å²) in [6, 6.07) is 18.6. The predicted octanol–water partition coefficient (Wildman–Crippen LogP) is 5.41. The van der Waals surface area contributed by atoms with Gasteiger partial charge < -0.3 is 20.4 Å². The van der Waals surface area contributed by atoms with Crippen molar-refractivity contribution < 1.29 is 9.53 Å². The predicted molar refractivity (Wildman–Crippen MR) is 132 cm³/mol. The minimum atomic E-state index is -0.183. The Kier molecular flexibility index (Phi) is 5.61. The van der Waals surface area contributed by atoms with Gasteiger partial charge in [0.15, 0.2) is 0 Å². The molecule has 3 heterocycles. The van der Waals surface area contributed by atoms with Crippen molar-refractivity contribution in [3.63, 3.8) is 0 Å². The molecule has 168 valence electrons. The second kappa shape index (κ2) is 9.03. The molecule has 5 rings (SSSR count). The van der Waals surface area contributed by atoms with Crippen LogP contribution in [0, 0.1) is 6.92 Å². The van der Waals surface area contributed by atoms with E-state index in [0.717, 1.165) is 22.0 Å². The van der Waals surface area contributed by atoms with E-state index in [4.69, 9.17) is 4.74 Å². The summed E-state index contributed by atoms with van der Waals surface area (Å²) in [6.45, 7) is 1.92. The SMILES string of the molecule is CNc1nccc(-c2cccnc2Oc2ccc(NC(=O)c3cccc4cc[nH]c34)cc2C)n1. The van der Waals surface area contributed by atoms with Gasteiger partial charge in [-0.3, -0.25) is 4.79 Å². The van der Waals surface area contributed by atoms with Crippen molar-refractivity contribution in [1.82, 2.24) is 19.9 Å². The molecule has 0 radical (unpaired) electrons. The Morgan fingerprint density at radius 2 is 1.91 bits per heavy atom. The summed E-state index contributed by atoms with van der Waals surface area (Å²) in [5.74, 6) is 1.39. The van der Waals surface area contributed by atoms with Crippen LogP contribution in [0.15, 0.2) is 79.3 Å². The zero-order chi connectivity index (χ0) is 23.5. The highest BCUT2D eigenvalue weighted by Gasteiger charge is 2.14. The largest absolute Gasteiger partial charge is 0.438 e. The quantitative estimate of drug-likeness (QED) is 0.319. The Bertz CT molecular complexity index is 1490. The average molecular weight is 451 g/mol. The molecule has 3 aromatic heterocycles. The molecular formula is C26H22N6O2. The Balaban J connectivity index is 1.38. The first-order valence-corrected chi connectivity index (χ1v) is 10.7. The minimum Gasteiger partial charge on any atom is -0.438 e. The van der Waals surface area contributed by atoms with Crippen molar-refractivity contribution in [1.29, 1.82) is 0 Å². The molecule has 0 fully saturated rings. The number of benzene rings is 2. The number of nitrogens with one attached hydrogen (secondary N) is 3. The summed E-state index contributed by atoms with van der Waals surface area (Å²) >= 11 is 0. The number of aromatic nitrogens is 4. The first kappa shape index (κ1) is 21.1. The van der Waals surface area contributed by atoms with Gasteiger partial charge in [-0.25, -0.2) is 15.0 Å². The first-order chi connectivity index (χ1) is 16.6. The number of aryl methyl sites for hydroxylation is 1. The summed E-state index contributed by atoms with van der Waals surface area (Å²) in [6.07, 6.45) is 5.18. The van der Waals surface area contributed by atoms with Crippen LogP contribution in [0.3, 0.4) is 0 Å². The Labute approximate surface area is 196 Å². The smallest absolute Gasteiger partial charge is 0.257 e. The van der Waals surface area contributed by atoms with Crippen molar-refractivity contribution in [2.45, 2.75) is 6.92 Å². The number of rotatable bonds is 6. The number of H-pyrrole nitrogens is 1. The van der Waals surface area contributed by atoms with Gasteiger partial charge in [0.2, 0.25) is 11.8 Å². The number of carbonyl (C=O) groups excluding carboxylic acids is 1. The van der Waals surface area contributed by atoms with Gasteiger partial charge in [0, 0.05) is 36.7 Å². The number of hydrogen-bond donors (Lipinski definition) is 3. The van der Waals surface area contributed by atoms with E-state index in [9.17, 15) is 4.79 Å². The van der Waals surface area contributed by atoms with Crippen LogP contribution in [-0.2, 0) is 0 Å². The number of anilines is 2. The molecule has 0 aliphatic rings. The normalized spacial score (nSPS) is 10.8. The highest BCUT2D eigenvalue weighted by atomic mass is 16.5. The van der Waals surface area contributed by atoms with E-state index in [0.29, 0.717) is 34.5 Å². The number of aromatic amines is 1. The lowest BCUT2D eigenvalue weighted by molar-refractivity contribution is 0.102. The zero-order valence-corrected chi connectivity index (χ0v) is 18.7. The van der Waals surface area contributed by atoms with E-state index < -0.39 is 0 Å². The molecule has 5 aromatic rings. The molecule has 34 heavy (non-hydrogen) atoms. The Morgan fingerprint density at radius 1 is 1.00 bits per heavy atom. The lowest BCUT2D eigenvalue weighted by Crippen LogP contribution is -2.12. The highest BCUT2D eigenvalue weighted by molar-refractivity contribution is 6.12. The maximum Gasteiger partial charge on any atom is 0.257 e. The van der Waals surface area contributed by atoms with Crippen LogP contribution in [0.25, 0.3) is 22.2 Å². The van der Waals surface area contributed by atoms with Crippen LogP contribution >= 0.6 is 0 Å². The first-order valence-electron chi connectivity index (χ1n) is 10.7. The molecule has 0 spiro atoms. The summed E-state index contributed by atoms with van der Waals surface area (Å²) in [4.78, 5) is 29.1. The second-order valence-electron chi connectivity index (χ2n) is 7.66. The number of carbonyl (C=O) groups is 1. The summed E-state index contributed by atoms with van der Waals surface area (Å²) in [5, 5.41) is 6.90. The standard InChI is InChI=1S/C26H22N6O2/c1-16-15-18(31-24(33)20-6-3-5-17-10-13-28-23(17)20)8-9-22(16)34-25-19(7-4-12-29-25)21-11-14-30-26(27-2)32-21/h3-15,28H,1-2H3,(H,31,33)(H,27,30,32). The molecule has 0 bridgehead atoms. The zero-order valence-electron chi connectivity index (χ0n) is 18.7. The van der Waals surface area contributed by atoms with Crippen molar-refractivity contribution in [3.05, 3.63) is 90.4 Å². The van der Waals surface area contributed by atoms with Gasteiger partial charge in [0.05, 0.1) is 22.3 Å². The van der Waals surface area contributed by atoms with E-state index in [1.807, 2.05) is 61.7 Å². The molecule has 8 nitrogen and oxygen atoms in total. The maximum atomic E-state index is 12.9. The molecule has 0 saturated heterocycles. The van der Waals surface area contributed by atoms with Gasteiger partial charge in [-0.05, 0) is 61.0 Å². The number of para-hydroxylation sites is 1. The third-order valence-corrected chi connectivity index (χ3v) is 5.40. The molecule has 0 saturated carbocycles. The monoisotopic (exact) mass is 450 g/mol. The fourth-order valence-electron chi connectivity index (χ4n) is 3.71. The maximum absolute atomic E-state index is 12.9. The topological polar surface area (TPSA) is 105 Å². The molecule has 0 unspecified atom stereocenters. The molecule has 1 amide bonds. The van der Waals surface area contributed by atoms with E-state index in [2.05, 4.69) is 30.6 Å². The number of hydrogen-bond acceptors (Lipinski definition) is 6. The van der Waals surface area contributed by atoms with Crippen molar-refractivity contribution in [3.8, 4) is 22.9 Å². The molecule has 2 aromatic carbocycles. The van der Waals surface area contributed by atoms with E-state index in [1.54, 1.807) is 31.6 Å². The van der Waals surface area contributed by atoms with Crippen LogP contribution in [0.2, 0.25) is 0 Å². The summed E-state index contributed by atoms with van der Waals surface area (Å²) in [5.41, 5.74) is 4.37. The van der Waals surface area contributed by atoms with Crippen LogP contribution in [0.4, 0.5) is 11.6 Å². The van der Waals surface area contributed by atoms with Gasteiger partial charge in [-0.1, -0.05) is 12.1 Å². The molecule has 3 N–H and O–H groups in total. The third-order valence-electron chi connectivity index (χ3n) is 5.40. The van der Waals surface area contributed by atoms with Gasteiger partial charge in [-0.2, -0.15) is 0 Å². The fourth-order valence-corrected chi connectivity index (χ4v) is 3.71. The van der Waals surface area contributed by atoms with Crippen LogP contribution in [0.5, 0.6) is 11.6 Å². The van der Waals surface area contributed by atoms with E-state index in [-0.39, 0.29) is 5.91 Å². The fraction of sp³-hybridized carbons (Fsp3) is 0.0769.